The van der Waals surface area contributed by atoms with E-state index in [1.165, 1.54) is 25.7 Å². The van der Waals surface area contributed by atoms with Crippen LogP contribution in [0.1, 0.15) is 39.5 Å². The molecule has 5 heteroatoms. The number of carbonyl (C=O) groups is 1. The third-order valence-corrected chi connectivity index (χ3v) is 4.46. The Labute approximate surface area is 145 Å². The summed E-state index contributed by atoms with van der Waals surface area (Å²) < 4.78 is 11.0. The average molecular weight is 334 g/mol. The minimum Gasteiger partial charge on any atom is -0.494 e. The summed E-state index contributed by atoms with van der Waals surface area (Å²) in [6, 6.07) is 7.99. The summed E-state index contributed by atoms with van der Waals surface area (Å²) in [6.07, 6.45) is 5.01. The number of hydrogen-bond donors (Lipinski definition) is 2. The number of benzene rings is 1. The van der Waals surface area contributed by atoms with Crippen molar-refractivity contribution in [2.24, 2.45) is 5.92 Å². The van der Waals surface area contributed by atoms with Crippen molar-refractivity contribution >= 4 is 5.91 Å². The second kappa shape index (κ2) is 10.2. The maximum atomic E-state index is 11.9. The molecule has 0 spiro atoms. The highest BCUT2D eigenvalue weighted by molar-refractivity contribution is 5.78. The van der Waals surface area contributed by atoms with Crippen LogP contribution in [0.5, 0.6) is 11.5 Å². The maximum absolute atomic E-state index is 11.9. The molecule has 1 aromatic rings. The number of carbonyl (C=O) groups excluding carboxylic acids is 1. The van der Waals surface area contributed by atoms with Crippen molar-refractivity contribution in [3.05, 3.63) is 24.3 Å². The van der Waals surface area contributed by atoms with E-state index in [0.29, 0.717) is 38.3 Å². The molecule has 0 heterocycles. The van der Waals surface area contributed by atoms with Crippen LogP contribution < -0.4 is 20.1 Å². The van der Waals surface area contributed by atoms with Gasteiger partial charge in [-0.15, -0.1) is 0 Å². The van der Waals surface area contributed by atoms with Crippen molar-refractivity contribution < 1.29 is 14.3 Å². The first kappa shape index (κ1) is 18.6. The lowest BCUT2D eigenvalue weighted by atomic mass is 9.86. The summed E-state index contributed by atoms with van der Waals surface area (Å²) in [5.74, 6) is 2.31. The summed E-state index contributed by atoms with van der Waals surface area (Å²) >= 11 is 0. The summed E-state index contributed by atoms with van der Waals surface area (Å²) in [5.41, 5.74) is 0. The molecule has 0 aliphatic heterocycles. The van der Waals surface area contributed by atoms with Gasteiger partial charge in [-0.2, -0.15) is 0 Å². The Hall–Kier alpha value is -1.75. The molecule has 2 N–H and O–H groups in total. The standard InChI is InChI=1S/C19H30N2O3/c1-3-23-16-8-10-17(11-9-16)24-13-12-20-19(22)14-21-18-7-5-4-6-15(18)2/h8-11,15,18,21H,3-7,12-14H2,1-2H3,(H,20,22). The zero-order chi connectivity index (χ0) is 17.2. The van der Waals surface area contributed by atoms with Gasteiger partial charge < -0.3 is 20.1 Å². The highest BCUT2D eigenvalue weighted by atomic mass is 16.5. The first-order chi connectivity index (χ1) is 11.7. The molecule has 1 aliphatic carbocycles. The average Bonchev–Trinajstić information content (AvgIpc) is 2.60. The summed E-state index contributed by atoms with van der Waals surface area (Å²) in [7, 11) is 0. The van der Waals surface area contributed by atoms with E-state index in [-0.39, 0.29) is 5.91 Å². The molecule has 1 amide bonds. The van der Waals surface area contributed by atoms with Crippen LogP contribution in [0.4, 0.5) is 0 Å². The van der Waals surface area contributed by atoms with Crippen molar-refractivity contribution in [3.63, 3.8) is 0 Å². The van der Waals surface area contributed by atoms with Crippen molar-refractivity contribution in [1.82, 2.24) is 10.6 Å². The minimum atomic E-state index is 0.0306. The van der Waals surface area contributed by atoms with E-state index in [2.05, 4.69) is 17.6 Å². The Kier molecular flexibility index (Phi) is 7.89. The lowest BCUT2D eigenvalue weighted by molar-refractivity contribution is -0.120. The quantitative estimate of drug-likeness (QED) is 0.682. The summed E-state index contributed by atoms with van der Waals surface area (Å²) in [5, 5.41) is 6.27. The van der Waals surface area contributed by atoms with Crippen molar-refractivity contribution in [2.45, 2.75) is 45.6 Å². The van der Waals surface area contributed by atoms with Gasteiger partial charge in [0, 0.05) is 6.04 Å². The first-order valence-electron chi connectivity index (χ1n) is 9.04. The summed E-state index contributed by atoms with van der Waals surface area (Å²) in [4.78, 5) is 11.9. The molecule has 134 valence electrons. The number of ether oxygens (including phenoxy) is 2. The van der Waals surface area contributed by atoms with Gasteiger partial charge >= 0.3 is 0 Å². The number of nitrogens with one attached hydrogen (secondary N) is 2. The fourth-order valence-corrected chi connectivity index (χ4v) is 3.06. The Morgan fingerprint density at radius 1 is 1.12 bits per heavy atom. The van der Waals surface area contributed by atoms with E-state index in [9.17, 15) is 4.79 Å². The fraction of sp³-hybridized carbons (Fsp3) is 0.632. The molecular weight excluding hydrogens is 304 g/mol. The second-order valence-corrected chi connectivity index (χ2v) is 6.35. The van der Waals surface area contributed by atoms with Crippen LogP contribution in [0.15, 0.2) is 24.3 Å². The largest absolute Gasteiger partial charge is 0.494 e. The number of rotatable bonds is 9. The van der Waals surface area contributed by atoms with Crippen LogP contribution in [-0.2, 0) is 4.79 Å². The van der Waals surface area contributed by atoms with Gasteiger partial charge in [-0.3, -0.25) is 4.79 Å². The van der Waals surface area contributed by atoms with Crippen LogP contribution in [0, 0.1) is 5.92 Å². The van der Waals surface area contributed by atoms with E-state index in [4.69, 9.17) is 9.47 Å². The van der Waals surface area contributed by atoms with E-state index >= 15 is 0 Å². The maximum Gasteiger partial charge on any atom is 0.234 e. The molecule has 0 bridgehead atoms. The molecule has 0 saturated heterocycles. The van der Waals surface area contributed by atoms with Gasteiger partial charge in [0.2, 0.25) is 5.91 Å². The fourth-order valence-electron chi connectivity index (χ4n) is 3.06. The van der Waals surface area contributed by atoms with E-state index < -0.39 is 0 Å². The predicted molar refractivity (Wildman–Crippen MR) is 95.5 cm³/mol. The van der Waals surface area contributed by atoms with E-state index in [1.54, 1.807) is 0 Å². The van der Waals surface area contributed by atoms with Gasteiger partial charge in [0.15, 0.2) is 0 Å². The van der Waals surface area contributed by atoms with Crippen LogP contribution in [0.2, 0.25) is 0 Å². The van der Waals surface area contributed by atoms with Crippen LogP contribution in [-0.4, -0.2) is 38.3 Å². The molecule has 1 saturated carbocycles. The van der Waals surface area contributed by atoms with Gasteiger partial charge in [-0.05, 0) is 49.9 Å². The zero-order valence-corrected chi connectivity index (χ0v) is 14.8. The van der Waals surface area contributed by atoms with Crippen molar-refractivity contribution in [1.29, 1.82) is 0 Å². The zero-order valence-electron chi connectivity index (χ0n) is 14.8. The smallest absolute Gasteiger partial charge is 0.234 e. The molecule has 0 radical (unpaired) electrons. The molecule has 5 nitrogen and oxygen atoms in total. The molecule has 2 unspecified atom stereocenters. The molecule has 1 aliphatic rings. The highest BCUT2D eigenvalue weighted by Gasteiger charge is 2.21. The molecule has 1 aromatic carbocycles. The molecule has 2 rings (SSSR count). The third kappa shape index (κ3) is 6.40. The topological polar surface area (TPSA) is 59.6 Å². The molecule has 0 aromatic heterocycles. The van der Waals surface area contributed by atoms with Crippen molar-refractivity contribution in [3.8, 4) is 11.5 Å². The minimum absolute atomic E-state index is 0.0306. The molecule has 1 fully saturated rings. The van der Waals surface area contributed by atoms with Gasteiger partial charge in [0.25, 0.3) is 0 Å². The van der Waals surface area contributed by atoms with Crippen LogP contribution >= 0.6 is 0 Å². The number of hydrogen-bond acceptors (Lipinski definition) is 4. The van der Waals surface area contributed by atoms with Crippen LogP contribution in [0.3, 0.4) is 0 Å². The Balaban J connectivity index is 1.57. The molecule has 2 atom stereocenters. The van der Waals surface area contributed by atoms with Gasteiger partial charge in [-0.25, -0.2) is 0 Å². The lowest BCUT2D eigenvalue weighted by Crippen LogP contribution is -2.43. The first-order valence-corrected chi connectivity index (χ1v) is 9.04. The Morgan fingerprint density at radius 2 is 1.79 bits per heavy atom. The van der Waals surface area contributed by atoms with E-state index in [0.717, 1.165) is 11.5 Å². The molecular formula is C19H30N2O3. The van der Waals surface area contributed by atoms with Gasteiger partial charge in [0.1, 0.15) is 18.1 Å². The van der Waals surface area contributed by atoms with E-state index in [1.807, 2.05) is 31.2 Å². The lowest BCUT2D eigenvalue weighted by Gasteiger charge is -2.29. The van der Waals surface area contributed by atoms with Gasteiger partial charge in [-0.1, -0.05) is 19.8 Å². The predicted octanol–water partition coefficient (Wildman–Crippen LogP) is 2.75. The highest BCUT2D eigenvalue weighted by Crippen LogP contribution is 2.23. The SMILES string of the molecule is CCOc1ccc(OCCNC(=O)CNC2CCCCC2C)cc1. The second-order valence-electron chi connectivity index (χ2n) is 6.35. The van der Waals surface area contributed by atoms with Gasteiger partial charge in [0.05, 0.1) is 19.7 Å². The molecule has 24 heavy (non-hydrogen) atoms. The van der Waals surface area contributed by atoms with Crippen LogP contribution in [0.25, 0.3) is 0 Å². The van der Waals surface area contributed by atoms with Crippen molar-refractivity contribution in [2.75, 3.05) is 26.3 Å². The normalized spacial score (nSPS) is 20.4. The third-order valence-electron chi connectivity index (χ3n) is 4.46. The summed E-state index contributed by atoms with van der Waals surface area (Å²) in [6.45, 7) is 6.22. The Morgan fingerprint density at radius 3 is 2.46 bits per heavy atom. The monoisotopic (exact) mass is 334 g/mol. The number of amides is 1. The Bertz CT molecular complexity index is 490.